The van der Waals surface area contributed by atoms with Crippen LogP contribution in [0.2, 0.25) is 5.02 Å². The fraction of sp³-hybridized carbons (Fsp3) is 0.250. The molecule has 0 bridgehead atoms. The van der Waals surface area contributed by atoms with Gasteiger partial charge in [-0.3, -0.25) is 4.79 Å². The van der Waals surface area contributed by atoms with Crippen LogP contribution in [0, 0.1) is 5.82 Å². The summed E-state index contributed by atoms with van der Waals surface area (Å²) in [5.41, 5.74) is 0.285. The molecule has 0 fully saturated rings. The van der Waals surface area contributed by atoms with E-state index in [0.29, 0.717) is 17.9 Å². The molecule has 0 aliphatic heterocycles. The first kappa shape index (κ1) is 11.9. The van der Waals surface area contributed by atoms with E-state index in [1.165, 1.54) is 12.1 Å². The first-order valence-corrected chi connectivity index (χ1v) is 5.08. The van der Waals surface area contributed by atoms with Crippen molar-refractivity contribution in [1.29, 1.82) is 0 Å². The van der Waals surface area contributed by atoms with E-state index in [1.807, 2.05) is 0 Å². The first-order chi connectivity index (χ1) is 7.15. The van der Waals surface area contributed by atoms with Crippen molar-refractivity contribution in [2.24, 2.45) is 0 Å². The molecular weight excluding hydrogens is 215 g/mol. The first-order valence-electron chi connectivity index (χ1n) is 4.70. The van der Waals surface area contributed by atoms with Crippen molar-refractivity contribution in [2.45, 2.75) is 19.3 Å². The topological polar surface area (TPSA) is 17.1 Å². The van der Waals surface area contributed by atoms with Gasteiger partial charge >= 0.3 is 0 Å². The summed E-state index contributed by atoms with van der Waals surface area (Å²) in [4.78, 5) is 11.4. The zero-order chi connectivity index (χ0) is 11.3. The zero-order valence-corrected chi connectivity index (χ0v) is 9.06. The van der Waals surface area contributed by atoms with Crippen LogP contribution in [-0.4, -0.2) is 5.78 Å². The Balaban J connectivity index is 2.71. The Labute approximate surface area is 93.6 Å². The molecule has 0 saturated heterocycles. The summed E-state index contributed by atoms with van der Waals surface area (Å²) in [5.74, 6) is -0.448. The summed E-state index contributed by atoms with van der Waals surface area (Å²) < 4.78 is 13.3. The summed E-state index contributed by atoms with van der Waals surface area (Å²) in [5, 5.41) is 0.307. The molecule has 0 unspecified atom stereocenters. The third-order valence-electron chi connectivity index (χ3n) is 2.06. The van der Waals surface area contributed by atoms with E-state index < -0.39 is 5.82 Å². The summed E-state index contributed by atoms with van der Waals surface area (Å²) in [6, 6.07) is 4.41. The molecule has 0 aromatic heterocycles. The van der Waals surface area contributed by atoms with E-state index >= 15 is 0 Å². The Hall–Kier alpha value is -1.15. The molecule has 3 heteroatoms. The van der Waals surface area contributed by atoms with Gasteiger partial charge in [-0.2, -0.15) is 0 Å². The molecule has 0 N–H and O–H groups in total. The maximum Gasteiger partial charge on any atom is 0.137 e. The lowest BCUT2D eigenvalue weighted by atomic mass is 10.1. The largest absolute Gasteiger partial charge is 0.299 e. The monoisotopic (exact) mass is 226 g/mol. The van der Waals surface area contributed by atoms with E-state index in [2.05, 4.69) is 6.58 Å². The average molecular weight is 227 g/mol. The van der Waals surface area contributed by atoms with Crippen molar-refractivity contribution in [3.8, 4) is 0 Å². The van der Waals surface area contributed by atoms with Gasteiger partial charge in [-0.15, -0.1) is 6.58 Å². The third-order valence-corrected chi connectivity index (χ3v) is 2.42. The molecule has 1 rings (SSSR count). The normalized spacial score (nSPS) is 10.0. The van der Waals surface area contributed by atoms with Crippen molar-refractivity contribution >= 4 is 17.4 Å². The van der Waals surface area contributed by atoms with E-state index in [4.69, 9.17) is 11.6 Å². The van der Waals surface area contributed by atoms with Gasteiger partial charge < -0.3 is 0 Å². The van der Waals surface area contributed by atoms with Gasteiger partial charge in [-0.1, -0.05) is 23.7 Å². The molecule has 80 valence electrons. The maximum atomic E-state index is 13.3. The fourth-order valence-corrected chi connectivity index (χ4v) is 1.48. The van der Waals surface area contributed by atoms with E-state index in [-0.39, 0.29) is 17.8 Å². The van der Waals surface area contributed by atoms with E-state index in [1.54, 1.807) is 12.1 Å². The van der Waals surface area contributed by atoms with Gasteiger partial charge in [0.25, 0.3) is 0 Å². The number of ketones is 1. The Morgan fingerprint density at radius 1 is 1.53 bits per heavy atom. The van der Waals surface area contributed by atoms with Gasteiger partial charge in [0, 0.05) is 23.4 Å². The number of hydrogen-bond acceptors (Lipinski definition) is 1. The number of carbonyl (C=O) groups excluding carboxylic acids is 1. The standard InChI is InChI=1S/C12H12ClFO/c1-2-3-5-9(15)8-10-11(13)6-4-7-12(10)14/h2,4,6-7H,1,3,5,8H2. The van der Waals surface area contributed by atoms with Crippen LogP contribution in [0.5, 0.6) is 0 Å². The van der Waals surface area contributed by atoms with Crippen LogP contribution in [-0.2, 0) is 11.2 Å². The maximum absolute atomic E-state index is 13.3. The molecule has 0 atom stereocenters. The highest BCUT2D eigenvalue weighted by atomic mass is 35.5. The van der Waals surface area contributed by atoms with Crippen LogP contribution >= 0.6 is 11.6 Å². The number of rotatable bonds is 5. The minimum atomic E-state index is -0.422. The van der Waals surface area contributed by atoms with Gasteiger partial charge in [0.1, 0.15) is 11.6 Å². The highest BCUT2D eigenvalue weighted by molar-refractivity contribution is 6.31. The van der Waals surface area contributed by atoms with Gasteiger partial charge in [0.15, 0.2) is 0 Å². The molecule has 0 aliphatic carbocycles. The lowest BCUT2D eigenvalue weighted by Crippen LogP contribution is -2.04. The van der Waals surface area contributed by atoms with Crippen LogP contribution in [0.1, 0.15) is 18.4 Å². The summed E-state index contributed by atoms with van der Waals surface area (Å²) in [7, 11) is 0. The molecule has 1 aromatic carbocycles. The lowest BCUT2D eigenvalue weighted by molar-refractivity contribution is -0.118. The van der Waals surface area contributed by atoms with Crippen molar-refractivity contribution in [3.63, 3.8) is 0 Å². The highest BCUT2D eigenvalue weighted by Gasteiger charge is 2.10. The molecule has 15 heavy (non-hydrogen) atoms. The Bertz CT molecular complexity index is 354. The molecule has 0 radical (unpaired) electrons. The van der Waals surface area contributed by atoms with Gasteiger partial charge in [-0.05, 0) is 18.6 Å². The van der Waals surface area contributed by atoms with Gasteiger partial charge in [0.05, 0.1) is 0 Å². The predicted molar refractivity (Wildman–Crippen MR) is 59.6 cm³/mol. The lowest BCUT2D eigenvalue weighted by Gasteiger charge is -2.04. The van der Waals surface area contributed by atoms with Crippen LogP contribution in [0.15, 0.2) is 30.9 Å². The van der Waals surface area contributed by atoms with E-state index in [0.717, 1.165) is 0 Å². The molecule has 0 saturated carbocycles. The predicted octanol–water partition coefficient (Wildman–Crippen LogP) is 3.56. The molecule has 1 nitrogen and oxygen atoms in total. The van der Waals surface area contributed by atoms with Crippen LogP contribution in [0.3, 0.4) is 0 Å². The minimum Gasteiger partial charge on any atom is -0.299 e. The number of Topliss-reactive ketones (excluding diaryl/α,β-unsaturated/α-hetero) is 1. The Morgan fingerprint density at radius 3 is 2.87 bits per heavy atom. The third kappa shape index (κ3) is 3.48. The number of halogens is 2. The molecule has 0 heterocycles. The number of hydrogen-bond donors (Lipinski definition) is 0. The Kier molecular flexibility index (Phi) is 4.50. The summed E-state index contributed by atoms with van der Waals surface area (Å²) in [6.45, 7) is 3.52. The second kappa shape index (κ2) is 5.66. The van der Waals surface area contributed by atoms with Crippen LogP contribution in [0.4, 0.5) is 4.39 Å². The quantitative estimate of drug-likeness (QED) is 0.702. The summed E-state index contributed by atoms with van der Waals surface area (Å²) in [6.07, 6.45) is 2.72. The highest BCUT2D eigenvalue weighted by Crippen LogP contribution is 2.20. The summed E-state index contributed by atoms with van der Waals surface area (Å²) >= 11 is 5.80. The van der Waals surface area contributed by atoms with Crippen molar-refractivity contribution < 1.29 is 9.18 Å². The SMILES string of the molecule is C=CCCC(=O)Cc1c(F)cccc1Cl. The average Bonchev–Trinajstić information content (AvgIpc) is 2.21. The molecule has 0 amide bonds. The molecule has 1 aromatic rings. The smallest absolute Gasteiger partial charge is 0.137 e. The van der Waals surface area contributed by atoms with Crippen molar-refractivity contribution in [3.05, 3.63) is 47.3 Å². The molecule has 0 aliphatic rings. The number of allylic oxidation sites excluding steroid dienone is 1. The number of carbonyl (C=O) groups is 1. The second-order valence-corrected chi connectivity index (χ2v) is 3.65. The second-order valence-electron chi connectivity index (χ2n) is 3.24. The Morgan fingerprint density at radius 2 is 2.27 bits per heavy atom. The van der Waals surface area contributed by atoms with Gasteiger partial charge in [-0.25, -0.2) is 4.39 Å². The number of benzene rings is 1. The fourth-order valence-electron chi connectivity index (χ4n) is 1.25. The minimum absolute atomic E-state index is 0.0260. The molecule has 0 spiro atoms. The van der Waals surface area contributed by atoms with E-state index in [9.17, 15) is 9.18 Å². The zero-order valence-electron chi connectivity index (χ0n) is 8.30. The van der Waals surface area contributed by atoms with Crippen LogP contribution < -0.4 is 0 Å². The van der Waals surface area contributed by atoms with Crippen LogP contribution in [0.25, 0.3) is 0 Å². The van der Waals surface area contributed by atoms with Crippen molar-refractivity contribution in [2.75, 3.05) is 0 Å². The van der Waals surface area contributed by atoms with Crippen molar-refractivity contribution in [1.82, 2.24) is 0 Å². The van der Waals surface area contributed by atoms with Gasteiger partial charge in [0.2, 0.25) is 0 Å². The molecular formula is C12H12ClFO.